The van der Waals surface area contributed by atoms with Crippen LogP contribution in [0.25, 0.3) is 0 Å². The van der Waals surface area contributed by atoms with Crippen LogP contribution in [-0.2, 0) is 66.9 Å². The Labute approximate surface area is 726 Å². The van der Waals surface area contributed by atoms with Gasteiger partial charge < -0.3 is 88.6 Å². The van der Waals surface area contributed by atoms with E-state index in [9.17, 15) is 141 Å². The highest BCUT2D eigenvalue weighted by molar-refractivity contribution is 5.83. The molecule has 0 aromatic rings. The van der Waals surface area contributed by atoms with Crippen LogP contribution < -0.4 is 30.6 Å². The topological polar surface area (TPSA) is 386 Å². The van der Waals surface area contributed by atoms with E-state index in [-0.39, 0.29) is 49.4 Å². The number of hydrogen-bond donors (Lipinski definition) is 2. The van der Waals surface area contributed by atoms with Gasteiger partial charge in [0.2, 0.25) is 0 Å². The molecule has 2 atom stereocenters. The van der Waals surface area contributed by atoms with Crippen molar-refractivity contribution < 1.29 is 160 Å². The molecule has 2 N–H and O–H groups in total. The fourth-order valence-corrected chi connectivity index (χ4v) is 28.3. The molecule has 0 aromatic heterocycles. The number of carbonyl (C=O) groups excluding carboxylic acids is 10. The number of esters is 4. The number of aliphatic hydroxyl groups is 2. The number of hydrogen-bond acceptors (Lipinski definition) is 22. The molecule has 714 valence electrons. The average Bonchev–Trinajstić information content (AvgIpc) is 0.698. The summed E-state index contributed by atoms with van der Waals surface area (Å²) in [4.78, 5) is 115. The van der Waals surface area contributed by atoms with Crippen molar-refractivity contribution in [2.24, 2.45) is 146 Å². The first kappa shape index (κ1) is 98.8. The van der Waals surface area contributed by atoms with Gasteiger partial charge in [-0.3, -0.25) is 19.2 Å². The smallest absolute Gasteiger partial charge is 0.326 e. The third-order valence-electron chi connectivity index (χ3n) is 33.2. The molecule has 22 fully saturated rings. The van der Waals surface area contributed by atoms with E-state index in [1.807, 2.05) is 0 Å². The Morgan fingerprint density at radius 2 is 0.595 bits per heavy atom. The lowest BCUT2D eigenvalue weighted by atomic mass is 9.48. The van der Waals surface area contributed by atoms with Crippen molar-refractivity contribution in [1.29, 1.82) is 0 Å². The Morgan fingerprint density at radius 1 is 0.317 bits per heavy atom. The van der Waals surface area contributed by atoms with Gasteiger partial charge >= 0.3 is 59.4 Å². The van der Waals surface area contributed by atoms with Gasteiger partial charge in [0.25, 0.3) is 0 Å². The Kier molecular flexibility index (Phi) is 27.5. The van der Waals surface area contributed by atoms with E-state index in [0.717, 1.165) is 103 Å². The van der Waals surface area contributed by atoms with E-state index in [2.05, 4.69) is 0 Å². The zero-order chi connectivity index (χ0) is 93.3. The van der Waals surface area contributed by atoms with Gasteiger partial charge in [0.15, 0.2) is 22.9 Å². The van der Waals surface area contributed by atoms with Crippen molar-refractivity contribution >= 4 is 59.7 Å². The fourth-order valence-electron chi connectivity index (χ4n) is 28.3. The molecule has 0 amide bonds. The maximum atomic E-state index is 14.8. The second-order valence-electron chi connectivity index (χ2n) is 45.0. The van der Waals surface area contributed by atoms with Crippen LogP contribution in [0.5, 0.6) is 0 Å². The van der Waals surface area contributed by atoms with Gasteiger partial charge in [-0.15, -0.1) is 0 Å². The SMILES string of the molecule is CC(C)(C)C(=O)OC(C1C2CC3CC(C2)CC1C3)C(F)(F)C(=O)[O-].CC(C)(C)C(=O)OC1(C(F)(F)C(=O)[O-])C2CC3CC(C2)CC1C3.CC(C)(C)C(=O)OC1(C(F)(F)C(=O)[O-])CCCCC1.O=C(OC1(C(F)(F)C(=O)[O-])CCCCC1)C12CC3CC(CC(C3)C1)C2.O=C([O-])C(F)(F)C(O)C1C2CC3CC(C2)CC1C3.O=C([O-])C(F)(F)C1(O)C2CC3CC(C2)CC1C3. The summed E-state index contributed by atoms with van der Waals surface area (Å²) in [6.07, 6.45) is 19.6. The van der Waals surface area contributed by atoms with Crippen molar-refractivity contribution in [2.45, 2.75) is 364 Å². The minimum Gasteiger partial charge on any atom is -0.544 e. The zero-order valence-corrected chi connectivity index (χ0v) is 73.3. The Bertz CT molecular complexity index is 3910. The van der Waals surface area contributed by atoms with E-state index in [1.54, 1.807) is 41.5 Å². The largest absolute Gasteiger partial charge is 0.544 e. The Balaban J connectivity index is 0.000000138. The first-order valence-corrected chi connectivity index (χ1v) is 45.9. The highest BCUT2D eigenvalue weighted by atomic mass is 19.3. The van der Waals surface area contributed by atoms with Crippen LogP contribution >= 0.6 is 0 Å². The molecule has 126 heavy (non-hydrogen) atoms. The molecule has 22 saturated carbocycles. The number of rotatable bonds is 19. The molecule has 34 heteroatoms. The van der Waals surface area contributed by atoms with Crippen LogP contribution in [0.4, 0.5) is 52.7 Å². The number of carbonyl (C=O) groups is 10. The van der Waals surface area contributed by atoms with Gasteiger partial charge in [-0.2, -0.15) is 52.7 Å². The minimum atomic E-state index is -4.17. The number of ether oxygens (including phenoxy) is 4. The lowest BCUT2D eigenvalue weighted by molar-refractivity contribution is -0.362. The van der Waals surface area contributed by atoms with Crippen molar-refractivity contribution in [2.75, 3.05) is 0 Å². The van der Waals surface area contributed by atoms with Crippen molar-refractivity contribution in [3.05, 3.63) is 0 Å². The first-order valence-electron chi connectivity index (χ1n) is 45.9. The maximum Gasteiger partial charge on any atom is 0.326 e. The monoisotopic (exact) mass is 1810 g/mol. The number of alkyl halides is 12. The van der Waals surface area contributed by atoms with E-state index in [0.29, 0.717) is 161 Å². The van der Waals surface area contributed by atoms with E-state index in [1.165, 1.54) is 27.2 Å². The molecule has 0 aromatic carbocycles. The van der Waals surface area contributed by atoms with Gasteiger partial charge in [-0.05, 0) is 387 Å². The third kappa shape index (κ3) is 18.4. The van der Waals surface area contributed by atoms with Crippen molar-refractivity contribution in [3.8, 4) is 0 Å². The molecule has 22 nitrogen and oxygen atoms in total. The van der Waals surface area contributed by atoms with Gasteiger partial charge in [0.05, 0.1) is 21.7 Å². The summed E-state index contributed by atoms with van der Waals surface area (Å²) in [7, 11) is 0. The average molecular weight is 1810 g/mol. The van der Waals surface area contributed by atoms with Crippen LogP contribution in [0.15, 0.2) is 0 Å². The van der Waals surface area contributed by atoms with E-state index in [4.69, 9.17) is 18.9 Å². The molecule has 22 aliphatic carbocycles. The number of halogens is 12. The summed E-state index contributed by atoms with van der Waals surface area (Å²) >= 11 is 0. The van der Waals surface area contributed by atoms with E-state index < -0.39 is 187 Å². The lowest BCUT2D eigenvalue weighted by Crippen LogP contribution is -2.72. The maximum absolute atomic E-state index is 14.8. The number of carboxylic acid groups (broad SMARTS) is 6. The van der Waals surface area contributed by atoms with Crippen LogP contribution in [-0.4, -0.2) is 140 Å². The fraction of sp³-hybridized carbons (Fsp3) is 0.891. The molecule has 2 unspecified atom stereocenters. The molecule has 22 rings (SSSR count). The summed E-state index contributed by atoms with van der Waals surface area (Å²) in [6, 6.07) is 0. The third-order valence-corrected chi connectivity index (χ3v) is 33.2. The predicted molar refractivity (Wildman–Crippen MR) is 407 cm³/mol. The highest BCUT2D eigenvalue weighted by Gasteiger charge is 2.73. The van der Waals surface area contributed by atoms with Crippen molar-refractivity contribution in [1.82, 2.24) is 0 Å². The molecule has 0 radical (unpaired) electrons. The normalized spacial score (nSPS) is 37.7. The quantitative estimate of drug-likeness (QED) is 0.0689. The van der Waals surface area contributed by atoms with Crippen LogP contribution in [0, 0.1) is 146 Å². The first-order chi connectivity index (χ1) is 58.0. The molecular formula is C92H124F12O22-6. The van der Waals surface area contributed by atoms with Crippen LogP contribution in [0.2, 0.25) is 0 Å². The molecule has 22 aliphatic rings. The summed E-state index contributed by atoms with van der Waals surface area (Å²) in [5, 5.41) is 85.3. The molecule has 0 heterocycles. The minimum absolute atomic E-state index is 0.0178. The van der Waals surface area contributed by atoms with E-state index >= 15 is 0 Å². The Hall–Kier alpha value is -6.22. The summed E-state index contributed by atoms with van der Waals surface area (Å²) in [6.45, 7) is 14.0. The van der Waals surface area contributed by atoms with Gasteiger partial charge in [0, 0.05) is 17.8 Å². The second kappa shape index (κ2) is 35.1. The number of aliphatic hydroxyl groups excluding tert-OH is 1. The summed E-state index contributed by atoms with van der Waals surface area (Å²) in [5.74, 6) is -40.6. The standard InChI is InChI=1S/C19H26F2O4.C18H26F2O4.C17H24F2O4.C13H20F2O4.C13H18F2O3.C12H16F2O3/c20-19(21,15(22)23)18(4-2-1-3-5-18)25-16(24)17-9-12-6-13(10-17)8-14(7-12)11-17;1-17(2,3)16(23)24-14(18(19,20)15(21)22)13-11-5-9-4-10(7-11)8-12(13)6-9;1-15(2,3)14(22)23-16(17(18,19)13(20)21)11-5-9-4-10(7-11)8-12(16)6-9;1-11(2,3)10(18)19-12(7-5-4-6-8-12)13(14,15)9(16)17;14-13(15,12(17)18)11(16)10-8-2-6-1-7(4-8)5-9(10)3-6;13-12(14,10(15)16)11(17)8-2-6-1-7(4-8)5-9(11)3-6/h12-14H,1-11H2,(H,22,23);9-14H,4-8H2,1-3H3,(H,21,22);9-12H,4-8H2,1-3H3,(H,20,21);4-8H2,1-3H3,(H,16,17);6-11,16H,1-5H2,(H,17,18);6-9,17H,1-5H2,(H,15,16)/p-6. The van der Waals surface area contributed by atoms with Crippen LogP contribution in [0.3, 0.4) is 0 Å². The summed E-state index contributed by atoms with van der Waals surface area (Å²) in [5.41, 5.74) is -12.7. The van der Waals surface area contributed by atoms with Crippen molar-refractivity contribution in [3.63, 3.8) is 0 Å². The predicted octanol–water partition coefficient (Wildman–Crippen LogP) is 10.4. The molecule has 20 bridgehead atoms. The number of aliphatic carboxylic acids is 6. The molecular weight excluding hydrogens is 1680 g/mol. The molecule has 0 aliphatic heterocycles. The molecule has 0 saturated heterocycles. The van der Waals surface area contributed by atoms with Gasteiger partial charge in [-0.1, -0.05) is 12.8 Å². The zero-order valence-electron chi connectivity index (χ0n) is 73.3. The van der Waals surface area contributed by atoms with Crippen LogP contribution in [0.1, 0.15) is 293 Å². The molecule has 0 spiro atoms. The second-order valence-corrected chi connectivity index (χ2v) is 45.0. The highest BCUT2D eigenvalue weighted by Crippen LogP contribution is 2.68. The van der Waals surface area contributed by atoms with Gasteiger partial charge in [0.1, 0.15) is 47.5 Å². The lowest BCUT2D eigenvalue weighted by Gasteiger charge is -2.62. The number of carboxylic acids is 6. The Morgan fingerprint density at radius 3 is 0.897 bits per heavy atom. The van der Waals surface area contributed by atoms with Gasteiger partial charge in [-0.25, -0.2) is 0 Å². The summed E-state index contributed by atoms with van der Waals surface area (Å²) < 4.78 is 190.